The Morgan fingerprint density at radius 1 is 1.44 bits per heavy atom. The molecule has 0 bridgehead atoms. The summed E-state index contributed by atoms with van der Waals surface area (Å²) in [5.74, 6) is 1.59. The number of hydrogen-bond acceptors (Lipinski definition) is 5. The third-order valence-corrected chi connectivity index (χ3v) is 4.05. The smallest absolute Gasteiger partial charge is 0.190 e. The van der Waals surface area contributed by atoms with Crippen LogP contribution in [0.1, 0.15) is 12.6 Å². The van der Waals surface area contributed by atoms with Gasteiger partial charge in [0.1, 0.15) is 5.82 Å². The topological polar surface area (TPSA) is 50.7 Å². The van der Waals surface area contributed by atoms with Crippen molar-refractivity contribution in [3.63, 3.8) is 0 Å². The molecule has 0 saturated carbocycles. The van der Waals surface area contributed by atoms with E-state index in [9.17, 15) is 0 Å². The van der Waals surface area contributed by atoms with Crippen molar-refractivity contribution in [2.75, 3.05) is 11.9 Å². The molecular formula is C10H11IN4S. The number of aromatic nitrogens is 3. The zero-order valence-electron chi connectivity index (χ0n) is 8.99. The fourth-order valence-corrected chi connectivity index (χ4v) is 2.27. The molecule has 0 saturated heterocycles. The SMILES string of the molecule is CCNc1nc(-c2nccs2)nc(C)c1I. The van der Waals surface area contributed by atoms with Crippen LogP contribution in [-0.2, 0) is 0 Å². The number of anilines is 1. The van der Waals surface area contributed by atoms with Crippen molar-refractivity contribution >= 4 is 39.7 Å². The third-order valence-electron chi connectivity index (χ3n) is 1.98. The van der Waals surface area contributed by atoms with Crippen LogP contribution in [0.2, 0.25) is 0 Å². The first-order valence-corrected chi connectivity index (χ1v) is 6.86. The lowest BCUT2D eigenvalue weighted by atomic mass is 10.4. The van der Waals surface area contributed by atoms with Crippen molar-refractivity contribution in [2.24, 2.45) is 0 Å². The van der Waals surface area contributed by atoms with Gasteiger partial charge in [0.2, 0.25) is 0 Å². The minimum atomic E-state index is 0.698. The molecule has 0 radical (unpaired) electrons. The average molecular weight is 346 g/mol. The van der Waals surface area contributed by atoms with Crippen LogP contribution in [0.15, 0.2) is 11.6 Å². The highest BCUT2D eigenvalue weighted by molar-refractivity contribution is 14.1. The number of halogens is 1. The highest BCUT2D eigenvalue weighted by atomic mass is 127. The van der Waals surface area contributed by atoms with Crippen molar-refractivity contribution in [1.29, 1.82) is 0 Å². The molecule has 2 rings (SSSR count). The predicted octanol–water partition coefficient (Wildman–Crippen LogP) is 2.94. The van der Waals surface area contributed by atoms with Crippen LogP contribution in [0.25, 0.3) is 10.8 Å². The Balaban J connectivity index is 2.48. The monoisotopic (exact) mass is 346 g/mol. The van der Waals surface area contributed by atoms with Crippen molar-refractivity contribution in [3.05, 3.63) is 20.8 Å². The number of nitrogens with one attached hydrogen (secondary N) is 1. The molecule has 0 aliphatic rings. The normalized spacial score (nSPS) is 10.4. The Bertz CT molecular complexity index is 484. The van der Waals surface area contributed by atoms with E-state index in [1.54, 1.807) is 17.5 Å². The number of rotatable bonds is 3. The van der Waals surface area contributed by atoms with Gasteiger partial charge in [0.05, 0.1) is 9.26 Å². The lowest BCUT2D eigenvalue weighted by Gasteiger charge is -2.08. The molecular weight excluding hydrogens is 335 g/mol. The van der Waals surface area contributed by atoms with E-state index in [0.29, 0.717) is 5.82 Å². The second kappa shape index (κ2) is 5.05. The molecule has 6 heteroatoms. The summed E-state index contributed by atoms with van der Waals surface area (Å²) in [4.78, 5) is 13.2. The van der Waals surface area contributed by atoms with Gasteiger partial charge in [-0.3, -0.25) is 0 Å². The van der Waals surface area contributed by atoms with E-state index >= 15 is 0 Å². The van der Waals surface area contributed by atoms with Crippen molar-refractivity contribution in [2.45, 2.75) is 13.8 Å². The van der Waals surface area contributed by atoms with Gasteiger partial charge in [-0.1, -0.05) is 0 Å². The van der Waals surface area contributed by atoms with Crippen molar-refractivity contribution < 1.29 is 0 Å². The van der Waals surface area contributed by atoms with E-state index in [1.165, 1.54) is 0 Å². The second-order valence-electron chi connectivity index (χ2n) is 3.16. The zero-order chi connectivity index (χ0) is 11.5. The summed E-state index contributed by atoms with van der Waals surface area (Å²) in [6.07, 6.45) is 1.77. The lowest BCUT2D eigenvalue weighted by Crippen LogP contribution is -2.06. The van der Waals surface area contributed by atoms with Crippen LogP contribution in [0, 0.1) is 10.5 Å². The molecule has 0 amide bonds. The molecule has 2 heterocycles. The van der Waals surface area contributed by atoms with Gasteiger partial charge in [0.15, 0.2) is 10.8 Å². The van der Waals surface area contributed by atoms with Gasteiger partial charge in [0.25, 0.3) is 0 Å². The van der Waals surface area contributed by atoms with Gasteiger partial charge in [-0.2, -0.15) is 0 Å². The molecule has 16 heavy (non-hydrogen) atoms. The van der Waals surface area contributed by atoms with Crippen LogP contribution in [0.5, 0.6) is 0 Å². The molecule has 0 spiro atoms. The molecule has 2 aromatic rings. The lowest BCUT2D eigenvalue weighted by molar-refractivity contribution is 1.06. The van der Waals surface area contributed by atoms with E-state index in [4.69, 9.17) is 0 Å². The molecule has 0 atom stereocenters. The fourth-order valence-electron chi connectivity index (χ4n) is 1.27. The maximum atomic E-state index is 4.48. The molecule has 84 valence electrons. The minimum absolute atomic E-state index is 0.698. The highest BCUT2D eigenvalue weighted by Gasteiger charge is 2.11. The molecule has 0 unspecified atom stereocenters. The van der Waals surface area contributed by atoms with Crippen molar-refractivity contribution in [3.8, 4) is 10.8 Å². The first-order valence-electron chi connectivity index (χ1n) is 4.90. The predicted molar refractivity (Wildman–Crippen MR) is 74.8 cm³/mol. The molecule has 4 nitrogen and oxygen atoms in total. The molecule has 2 aromatic heterocycles. The summed E-state index contributed by atoms with van der Waals surface area (Å²) in [6, 6.07) is 0. The van der Waals surface area contributed by atoms with Gasteiger partial charge in [-0.15, -0.1) is 11.3 Å². The summed E-state index contributed by atoms with van der Waals surface area (Å²) >= 11 is 3.81. The number of nitrogens with zero attached hydrogens (tertiary/aromatic N) is 3. The van der Waals surface area contributed by atoms with E-state index < -0.39 is 0 Å². The maximum Gasteiger partial charge on any atom is 0.190 e. The third kappa shape index (κ3) is 2.32. The number of thiazole rings is 1. The Hall–Kier alpha value is -0.760. The summed E-state index contributed by atoms with van der Waals surface area (Å²) in [6.45, 7) is 4.89. The summed E-state index contributed by atoms with van der Waals surface area (Å²) < 4.78 is 1.07. The summed E-state index contributed by atoms with van der Waals surface area (Å²) in [5, 5.41) is 6.03. The standard InChI is InChI=1S/C10H11IN4S/c1-3-12-8-7(11)6(2)14-9(15-8)10-13-4-5-16-10/h4-5H,3H2,1-2H3,(H,12,14,15). The van der Waals surface area contributed by atoms with E-state index in [0.717, 1.165) is 26.6 Å². The largest absolute Gasteiger partial charge is 0.369 e. The van der Waals surface area contributed by atoms with Crippen LogP contribution < -0.4 is 5.32 Å². The maximum absolute atomic E-state index is 4.48. The molecule has 0 aromatic carbocycles. The second-order valence-corrected chi connectivity index (χ2v) is 5.14. The fraction of sp³-hybridized carbons (Fsp3) is 0.300. The number of hydrogen-bond donors (Lipinski definition) is 1. The molecule has 0 aliphatic heterocycles. The minimum Gasteiger partial charge on any atom is -0.369 e. The van der Waals surface area contributed by atoms with Gasteiger partial charge in [0, 0.05) is 18.1 Å². The van der Waals surface area contributed by atoms with E-state index in [-0.39, 0.29) is 0 Å². The average Bonchev–Trinajstić information content (AvgIpc) is 2.78. The van der Waals surface area contributed by atoms with E-state index in [2.05, 4.69) is 49.8 Å². The van der Waals surface area contributed by atoms with Crippen molar-refractivity contribution in [1.82, 2.24) is 15.0 Å². The summed E-state index contributed by atoms with van der Waals surface area (Å²) in [7, 11) is 0. The van der Waals surface area contributed by atoms with Gasteiger partial charge in [-0.25, -0.2) is 15.0 Å². The zero-order valence-corrected chi connectivity index (χ0v) is 12.0. The first-order chi connectivity index (χ1) is 7.72. The Labute approximate surface area is 112 Å². The van der Waals surface area contributed by atoms with Crippen LogP contribution in [0.4, 0.5) is 5.82 Å². The molecule has 0 fully saturated rings. The number of aryl methyl sites for hydroxylation is 1. The van der Waals surface area contributed by atoms with Crippen LogP contribution in [0.3, 0.4) is 0 Å². The Kier molecular flexibility index (Phi) is 3.70. The molecule has 1 N–H and O–H groups in total. The highest BCUT2D eigenvalue weighted by Crippen LogP contribution is 2.24. The van der Waals surface area contributed by atoms with Crippen LogP contribution in [-0.4, -0.2) is 21.5 Å². The molecule has 0 aliphatic carbocycles. The van der Waals surface area contributed by atoms with Gasteiger partial charge >= 0.3 is 0 Å². The van der Waals surface area contributed by atoms with Crippen LogP contribution >= 0.6 is 33.9 Å². The van der Waals surface area contributed by atoms with Gasteiger partial charge in [-0.05, 0) is 36.4 Å². The quantitative estimate of drug-likeness (QED) is 0.869. The summed E-state index contributed by atoms with van der Waals surface area (Å²) in [5.41, 5.74) is 0.983. The first kappa shape index (κ1) is 11.7. The van der Waals surface area contributed by atoms with E-state index in [1.807, 2.05) is 12.3 Å². The van der Waals surface area contributed by atoms with Gasteiger partial charge < -0.3 is 5.32 Å². The Morgan fingerprint density at radius 2 is 2.25 bits per heavy atom. The Morgan fingerprint density at radius 3 is 2.88 bits per heavy atom.